The van der Waals surface area contributed by atoms with Crippen molar-refractivity contribution in [1.29, 1.82) is 0 Å². The molecule has 3 heterocycles. The highest BCUT2D eigenvalue weighted by atomic mass is 79.9. The van der Waals surface area contributed by atoms with Crippen molar-refractivity contribution in [3.63, 3.8) is 0 Å². The number of methoxy groups -OCH3 is 3. The molecule has 2 atom stereocenters. The lowest BCUT2D eigenvalue weighted by atomic mass is 10.0. The summed E-state index contributed by atoms with van der Waals surface area (Å²) in [5, 5.41) is 2.66. The number of benzene rings is 2. The fourth-order valence-electron chi connectivity index (χ4n) is 5.46. The summed E-state index contributed by atoms with van der Waals surface area (Å²) in [7, 11) is 4.41. The lowest BCUT2D eigenvalue weighted by molar-refractivity contribution is -0.135. The standard InChI is InChI=1S/C30H35BrN6O6/c1-17(2)26(34-29(39)43-5)28(38)37-16-36(15-23(37)27-32-12-22(33-27)18-6-8-21(31)9-7-18)30(40)35-13-19-10-24(41-3)25(42-4)11-20(19)14-35/h6-12,17,23,26H,13-16H2,1-5H3,(H,32,33)(H,34,39)/t23?,26-/m0/s1. The number of nitrogens with zero attached hydrogens (tertiary/aromatic N) is 4. The number of aromatic nitrogens is 2. The first kappa shape index (κ1) is 30.2. The Hall–Kier alpha value is -4.26. The van der Waals surface area contributed by atoms with Gasteiger partial charge in [0.2, 0.25) is 5.91 Å². The van der Waals surface area contributed by atoms with Gasteiger partial charge in [-0.1, -0.05) is 41.9 Å². The van der Waals surface area contributed by atoms with Crippen LogP contribution in [-0.4, -0.2) is 83.3 Å². The molecule has 3 aromatic rings. The molecule has 1 saturated heterocycles. The number of H-pyrrole nitrogens is 1. The van der Waals surface area contributed by atoms with E-state index in [1.54, 1.807) is 35.1 Å². The van der Waals surface area contributed by atoms with Crippen LogP contribution in [-0.2, 0) is 22.6 Å². The quantitative estimate of drug-likeness (QED) is 0.383. The Balaban J connectivity index is 1.42. The summed E-state index contributed by atoms with van der Waals surface area (Å²) in [6, 6.07) is 9.94. The summed E-state index contributed by atoms with van der Waals surface area (Å²) in [6.45, 7) is 4.74. The number of halogens is 1. The maximum absolute atomic E-state index is 14.0. The molecule has 0 bridgehead atoms. The number of hydrogen-bond acceptors (Lipinski definition) is 7. The number of urea groups is 1. The van der Waals surface area contributed by atoms with Gasteiger partial charge in [0.05, 0.1) is 46.4 Å². The molecule has 1 aromatic heterocycles. The molecule has 228 valence electrons. The number of alkyl carbamates (subject to hydrolysis) is 1. The van der Waals surface area contributed by atoms with E-state index in [2.05, 4.69) is 31.2 Å². The Labute approximate surface area is 258 Å². The van der Waals surface area contributed by atoms with Gasteiger partial charge in [0.1, 0.15) is 17.9 Å². The van der Waals surface area contributed by atoms with Gasteiger partial charge in [-0.3, -0.25) is 4.79 Å². The third-order valence-corrected chi connectivity index (χ3v) is 8.33. The zero-order valence-electron chi connectivity index (χ0n) is 24.7. The number of imidazole rings is 1. The summed E-state index contributed by atoms with van der Waals surface area (Å²) < 4.78 is 16.6. The number of hydrogen-bond donors (Lipinski definition) is 2. The number of ether oxygens (including phenoxy) is 3. The van der Waals surface area contributed by atoms with Gasteiger partial charge >= 0.3 is 12.1 Å². The summed E-state index contributed by atoms with van der Waals surface area (Å²) in [5.74, 6) is 1.18. The van der Waals surface area contributed by atoms with Gasteiger partial charge < -0.3 is 39.2 Å². The second-order valence-corrected chi connectivity index (χ2v) is 11.8. The Kier molecular flexibility index (Phi) is 8.81. The topological polar surface area (TPSA) is 129 Å². The van der Waals surface area contributed by atoms with Crippen molar-refractivity contribution in [2.24, 2.45) is 5.92 Å². The second-order valence-electron chi connectivity index (χ2n) is 10.8. The van der Waals surface area contributed by atoms with E-state index in [1.807, 2.05) is 50.2 Å². The summed E-state index contributed by atoms with van der Waals surface area (Å²) in [6.07, 6.45) is 1.02. The van der Waals surface area contributed by atoms with Crippen LogP contribution in [0.15, 0.2) is 47.1 Å². The zero-order valence-corrected chi connectivity index (χ0v) is 26.3. The second kappa shape index (κ2) is 12.5. The molecule has 2 aliphatic heterocycles. The first-order chi connectivity index (χ1) is 20.6. The van der Waals surface area contributed by atoms with Crippen molar-refractivity contribution in [2.45, 2.75) is 39.0 Å². The van der Waals surface area contributed by atoms with E-state index < -0.39 is 18.2 Å². The zero-order chi connectivity index (χ0) is 30.8. The Bertz CT molecular complexity index is 1480. The molecule has 5 rings (SSSR count). The SMILES string of the molecule is COC(=O)N[C@H](C(=O)N1CN(C(=O)N2Cc3cc(OC)c(OC)cc3C2)CC1c1ncc(-c2ccc(Br)cc2)[nH]1)C(C)C. The van der Waals surface area contributed by atoms with Gasteiger partial charge in [-0.2, -0.15) is 0 Å². The first-order valence-electron chi connectivity index (χ1n) is 13.9. The molecule has 43 heavy (non-hydrogen) atoms. The predicted molar refractivity (Wildman–Crippen MR) is 161 cm³/mol. The maximum atomic E-state index is 14.0. The van der Waals surface area contributed by atoms with Crippen molar-refractivity contribution in [3.8, 4) is 22.8 Å². The van der Waals surface area contributed by atoms with E-state index in [0.717, 1.165) is 26.9 Å². The molecule has 0 saturated carbocycles. The van der Waals surface area contributed by atoms with Crippen molar-refractivity contribution >= 4 is 34.0 Å². The molecule has 2 aliphatic rings. The van der Waals surface area contributed by atoms with Gasteiger partial charge in [-0.15, -0.1) is 0 Å². The summed E-state index contributed by atoms with van der Waals surface area (Å²) in [5.41, 5.74) is 3.66. The summed E-state index contributed by atoms with van der Waals surface area (Å²) >= 11 is 3.46. The number of amides is 4. The van der Waals surface area contributed by atoms with Crippen LogP contribution < -0.4 is 14.8 Å². The molecule has 0 aliphatic carbocycles. The lowest BCUT2D eigenvalue weighted by Crippen LogP contribution is -2.52. The van der Waals surface area contributed by atoms with Crippen LogP contribution in [0.5, 0.6) is 11.5 Å². The van der Waals surface area contributed by atoms with Crippen LogP contribution in [0.3, 0.4) is 0 Å². The van der Waals surface area contributed by atoms with E-state index in [0.29, 0.717) is 30.4 Å². The Morgan fingerprint density at radius 1 is 1.00 bits per heavy atom. The van der Waals surface area contributed by atoms with Crippen LogP contribution in [0.1, 0.15) is 36.8 Å². The van der Waals surface area contributed by atoms with Crippen LogP contribution in [0.2, 0.25) is 0 Å². The normalized spacial score (nSPS) is 16.7. The molecule has 2 aromatic carbocycles. The van der Waals surface area contributed by atoms with Crippen molar-refractivity contribution in [1.82, 2.24) is 30.0 Å². The molecule has 2 N–H and O–H groups in total. The van der Waals surface area contributed by atoms with Gasteiger partial charge in [0.25, 0.3) is 0 Å². The third kappa shape index (κ3) is 6.12. The molecule has 0 spiro atoms. The molecular formula is C30H35BrN6O6. The average molecular weight is 656 g/mol. The van der Waals surface area contributed by atoms with E-state index in [1.165, 1.54) is 7.11 Å². The van der Waals surface area contributed by atoms with E-state index in [4.69, 9.17) is 14.2 Å². The lowest BCUT2D eigenvalue weighted by Gasteiger charge is -2.29. The average Bonchev–Trinajstić information content (AvgIpc) is 3.76. The number of aromatic amines is 1. The van der Waals surface area contributed by atoms with Crippen molar-refractivity contribution in [2.75, 3.05) is 34.5 Å². The van der Waals surface area contributed by atoms with E-state index in [-0.39, 0.29) is 31.1 Å². The van der Waals surface area contributed by atoms with E-state index >= 15 is 0 Å². The number of fused-ring (bicyclic) bond motifs is 1. The number of rotatable bonds is 7. The van der Waals surface area contributed by atoms with Crippen LogP contribution in [0.4, 0.5) is 9.59 Å². The van der Waals surface area contributed by atoms with Crippen LogP contribution in [0.25, 0.3) is 11.3 Å². The number of nitrogens with one attached hydrogen (secondary N) is 2. The van der Waals surface area contributed by atoms with Crippen molar-refractivity contribution < 1.29 is 28.6 Å². The molecular weight excluding hydrogens is 620 g/mol. The van der Waals surface area contributed by atoms with E-state index in [9.17, 15) is 14.4 Å². The highest BCUT2D eigenvalue weighted by Crippen LogP contribution is 2.36. The molecule has 13 heteroatoms. The van der Waals surface area contributed by atoms with Gasteiger partial charge in [-0.05, 0) is 46.9 Å². The van der Waals surface area contributed by atoms with Gasteiger partial charge in [-0.25, -0.2) is 14.6 Å². The fraction of sp³-hybridized carbons (Fsp3) is 0.400. The smallest absolute Gasteiger partial charge is 0.407 e. The minimum Gasteiger partial charge on any atom is -0.493 e. The molecule has 12 nitrogen and oxygen atoms in total. The van der Waals surface area contributed by atoms with Gasteiger partial charge in [0, 0.05) is 17.6 Å². The van der Waals surface area contributed by atoms with Crippen molar-refractivity contribution in [3.05, 3.63) is 64.0 Å². The molecule has 4 amide bonds. The largest absolute Gasteiger partial charge is 0.493 e. The highest BCUT2D eigenvalue weighted by molar-refractivity contribution is 9.10. The predicted octanol–water partition coefficient (Wildman–Crippen LogP) is 4.52. The summed E-state index contributed by atoms with van der Waals surface area (Å²) in [4.78, 5) is 52.9. The maximum Gasteiger partial charge on any atom is 0.407 e. The molecule has 1 unspecified atom stereocenters. The van der Waals surface area contributed by atoms with Crippen LogP contribution in [0, 0.1) is 5.92 Å². The Morgan fingerprint density at radius 3 is 2.19 bits per heavy atom. The van der Waals surface area contributed by atoms with Crippen LogP contribution >= 0.6 is 15.9 Å². The molecule has 1 fully saturated rings. The monoisotopic (exact) mass is 654 g/mol. The first-order valence-corrected chi connectivity index (χ1v) is 14.7. The number of carbonyl (C=O) groups is 3. The number of carbonyl (C=O) groups excluding carboxylic acids is 3. The minimum atomic E-state index is -0.859. The highest BCUT2D eigenvalue weighted by Gasteiger charge is 2.43. The molecule has 0 radical (unpaired) electrons. The fourth-order valence-corrected chi connectivity index (χ4v) is 5.73. The Morgan fingerprint density at radius 2 is 1.63 bits per heavy atom. The van der Waals surface area contributed by atoms with Gasteiger partial charge in [0.15, 0.2) is 11.5 Å². The third-order valence-electron chi connectivity index (χ3n) is 7.80. The minimum absolute atomic E-state index is 0.0300.